The van der Waals surface area contributed by atoms with Crippen LogP contribution in [0.3, 0.4) is 0 Å². The van der Waals surface area contributed by atoms with E-state index >= 15 is 0 Å². The van der Waals surface area contributed by atoms with E-state index in [4.69, 9.17) is 24.9 Å². The molecule has 12 heteroatoms. The van der Waals surface area contributed by atoms with E-state index in [1.807, 2.05) is 0 Å². The van der Waals surface area contributed by atoms with Crippen LogP contribution >= 0.6 is 7.60 Å². The highest BCUT2D eigenvalue weighted by atomic mass is 31.2. The van der Waals surface area contributed by atoms with Crippen LogP contribution in [0.1, 0.15) is 33.4 Å². The van der Waals surface area contributed by atoms with Crippen LogP contribution in [-0.2, 0) is 27.9 Å². The van der Waals surface area contributed by atoms with Gasteiger partial charge in [-0.15, -0.1) is 6.42 Å². The van der Waals surface area contributed by atoms with Crippen molar-refractivity contribution in [3.63, 3.8) is 0 Å². The SMILES string of the molecule is C#C[C@]1(C)[C@@H]2CP(=O)(OCCC(CO)C(=O)OC(C)C)OC[C@H]2O[C@H]1n1ccc(=O)[nH]c1=O. The number of hydrogen-bond acceptors (Lipinski definition) is 9. The number of carbonyl (C=O) groups excluding carboxylic acids is 1. The van der Waals surface area contributed by atoms with Crippen LogP contribution in [-0.4, -0.2) is 58.8 Å². The minimum atomic E-state index is -3.59. The average Bonchev–Trinajstić information content (AvgIpc) is 3.03. The number of terminal acetylenes is 1. The molecule has 2 unspecified atom stereocenters. The molecular formula is C21H29N2O9P. The number of aliphatic hydroxyl groups is 1. The molecule has 2 saturated heterocycles. The first kappa shape index (κ1) is 25.4. The van der Waals surface area contributed by atoms with Gasteiger partial charge in [-0.1, -0.05) is 5.92 Å². The molecule has 2 fully saturated rings. The highest BCUT2D eigenvalue weighted by Crippen LogP contribution is 2.61. The summed E-state index contributed by atoms with van der Waals surface area (Å²) in [6.45, 7) is 4.54. The molecule has 2 aliphatic heterocycles. The number of fused-ring (bicyclic) bond motifs is 1. The van der Waals surface area contributed by atoms with Gasteiger partial charge in [0.2, 0.25) is 0 Å². The fourth-order valence-corrected chi connectivity index (χ4v) is 6.23. The van der Waals surface area contributed by atoms with Crippen molar-refractivity contribution in [2.75, 3.05) is 26.0 Å². The number of nitrogens with zero attached hydrogens (tertiary/aromatic N) is 1. The molecule has 1 aromatic heterocycles. The highest BCUT2D eigenvalue weighted by Gasteiger charge is 2.58. The molecular weight excluding hydrogens is 455 g/mol. The second-order valence-corrected chi connectivity index (χ2v) is 10.8. The van der Waals surface area contributed by atoms with E-state index in [9.17, 15) is 24.1 Å². The van der Waals surface area contributed by atoms with Gasteiger partial charge in [0.15, 0.2) is 6.23 Å². The Balaban J connectivity index is 1.71. The summed E-state index contributed by atoms with van der Waals surface area (Å²) in [6.07, 6.45) is 5.43. The number of nitrogens with one attached hydrogen (secondary N) is 1. The molecule has 33 heavy (non-hydrogen) atoms. The number of aromatic amines is 1. The Morgan fingerprint density at radius 1 is 1.48 bits per heavy atom. The number of aliphatic hydroxyl groups excluding tert-OH is 1. The smallest absolute Gasteiger partial charge is 0.331 e. The Bertz CT molecular complexity index is 1070. The van der Waals surface area contributed by atoms with Gasteiger partial charge in [-0.3, -0.25) is 23.7 Å². The first-order valence-corrected chi connectivity index (χ1v) is 12.4. The number of carbonyl (C=O) groups is 1. The molecule has 0 amide bonds. The summed E-state index contributed by atoms with van der Waals surface area (Å²) in [5.41, 5.74) is -2.25. The van der Waals surface area contributed by atoms with Gasteiger partial charge in [-0.2, -0.15) is 0 Å². The second-order valence-electron chi connectivity index (χ2n) is 8.65. The summed E-state index contributed by atoms with van der Waals surface area (Å²) >= 11 is 0. The molecule has 6 atom stereocenters. The standard InChI is InChI=1S/C21H29N2O9P/c1-5-21(4)15-12-33(28,29-9-7-14(10-24)18(26)31-13(2)3)30-11-16(15)32-19(21)23-8-6-17(25)22-20(23)27/h1,6,8,13-16,19,24H,7,9-12H2,2-4H3,(H,22,25,27)/t14?,15-,16-,19-,21-,33?/m1/s1. The molecule has 3 rings (SSSR count). The van der Waals surface area contributed by atoms with Gasteiger partial charge < -0.3 is 23.6 Å². The molecule has 2 aliphatic rings. The summed E-state index contributed by atoms with van der Waals surface area (Å²) in [5, 5.41) is 9.47. The maximum Gasteiger partial charge on any atom is 0.331 e. The third-order valence-corrected chi connectivity index (χ3v) is 7.93. The Morgan fingerprint density at radius 3 is 2.82 bits per heavy atom. The molecule has 3 heterocycles. The largest absolute Gasteiger partial charge is 0.463 e. The average molecular weight is 484 g/mol. The highest BCUT2D eigenvalue weighted by molar-refractivity contribution is 7.53. The Morgan fingerprint density at radius 2 is 2.21 bits per heavy atom. The normalized spacial score (nSPS) is 32.2. The van der Waals surface area contributed by atoms with Gasteiger partial charge in [0.1, 0.15) is 0 Å². The van der Waals surface area contributed by atoms with E-state index in [1.165, 1.54) is 16.8 Å². The van der Waals surface area contributed by atoms with Crippen molar-refractivity contribution in [2.45, 2.75) is 45.6 Å². The third-order valence-electron chi connectivity index (χ3n) is 5.97. The molecule has 0 bridgehead atoms. The first-order valence-electron chi connectivity index (χ1n) is 10.7. The van der Waals surface area contributed by atoms with Gasteiger partial charge in [0, 0.05) is 18.2 Å². The maximum absolute atomic E-state index is 13.3. The monoisotopic (exact) mass is 484 g/mol. The van der Waals surface area contributed by atoms with Gasteiger partial charge in [0.05, 0.1) is 49.5 Å². The third kappa shape index (κ3) is 5.31. The summed E-state index contributed by atoms with van der Waals surface area (Å²) in [4.78, 5) is 37.9. The van der Waals surface area contributed by atoms with Crippen LogP contribution in [0.2, 0.25) is 0 Å². The van der Waals surface area contributed by atoms with Crippen LogP contribution in [0.15, 0.2) is 21.9 Å². The van der Waals surface area contributed by atoms with Crippen molar-refractivity contribution in [3.8, 4) is 12.3 Å². The van der Waals surface area contributed by atoms with Crippen LogP contribution in [0, 0.1) is 29.6 Å². The predicted octanol–water partition coefficient (Wildman–Crippen LogP) is 0.880. The molecule has 0 radical (unpaired) electrons. The van der Waals surface area contributed by atoms with Crippen molar-refractivity contribution < 1.29 is 33.0 Å². The number of rotatable bonds is 8. The summed E-state index contributed by atoms with van der Waals surface area (Å²) in [5.74, 6) is 0.863. The number of H-pyrrole nitrogens is 1. The predicted molar refractivity (Wildman–Crippen MR) is 116 cm³/mol. The van der Waals surface area contributed by atoms with E-state index in [1.54, 1.807) is 20.8 Å². The molecule has 11 nitrogen and oxygen atoms in total. The van der Waals surface area contributed by atoms with Crippen molar-refractivity contribution in [1.29, 1.82) is 0 Å². The van der Waals surface area contributed by atoms with Gasteiger partial charge in [0.25, 0.3) is 5.56 Å². The molecule has 1 aromatic rings. The summed E-state index contributed by atoms with van der Waals surface area (Å²) in [6, 6.07) is 1.19. The molecule has 2 N–H and O–H groups in total. The molecule has 0 saturated carbocycles. The van der Waals surface area contributed by atoms with Gasteiger partial charge in [-0.25, -0.2) is 4.79 Å². The zero-order valence-corrected chi connectivity index (χ0v) is 19.7. The molecule has 0 aliphatic carbocycles. The van der Waals surface area contributed by atoms with Crippen molar-refractivity contribution in [2.24, 2.45) is 17.3 Å². The van der Waals surface area contributed by atoms with Crippen LogP contribution in [0.4, 0.5) is 0 Å². The maximum atomic E-state index is 13.3. The Hall–Kier alpha value is -2.22. The van der Waals surface area contributed by atoms with E-state index in [0.29, 0.717) is 0 Å². The second kappa shape index (κ2) is 9.95. The fourth-order valence-electron chi connectivity index (χ4n) is 4.10. The Kier molecular flexibility index (Phi) is 7.66. The number of esters is 1. The minimum absolute atomic E-state index is 0.0484. The molecule has 182 valence electrons. The lowest BCUT2D eigenvalue weighted by atomic mass is 9.77. The topological polar surface area (TPSA) is 146 Å². The first-order chi connectivity index (χ1) is 15.5. The quantitative estimate of drug-likeness (QED) is 0.312. The van der Waals surface area contributed by atoms with Crippen LogP contribution in [0.25, 0.3) is 0 Å². The summed E-state index contributed by atoms with van der Waals surface area (Å²) in [7, 11) is -3.59. The zero-order valence-electron chi connectivity index (χ0n) is 18.8. The lowest BCUT2D eigenvalue weighted by molar-refractivity contribution is -0.154. The van der Waals surface area contributed by atoms with Crippen molar-refractivity contribution in [1.82, 2.24) is 9.55 Å². The van der Waals surface area contributed by atoms with Crippen molar-refractivity contribution >= 4 is 13.6 Å². The zero-order chi connectivity index (χ0) is 24.4. The van der Waals surface area contributed by atoms with Crippen LogP contribution in [0.5, 0.6) is 0 Å². The number of ether oxygens (including phenoxy) is 2. The molecule has 0 spiro atoms. The lowest BCUT2D eigenvalue weighted by Crippen LogP contribution is -2.40. The van der Waals surface area contributed by atoms with E-state index in [0.717, 1.165) is 0 Å². The molecule has 0 aromatic carbocycles. The number of hydrogen-bond donors (Lipinski definition) is 2. The number of aromatic nitrogens is 2. The van der Waals surface area contributed by atoms with E-state index < -0.39 is 61.0 Å². The Labute approximate surface area is 190 Å². The fraction of sp³-hybridized carbons (Fsp3) is 0.667. The summed E-state index contributed by atoms with van der Waals surface area (Å²) < 4.78 is 36.7. The lowest BCUT2D eigenvalue weighted by Gasteiger charge is -2.35. The van der Waals surface area contributed by atoms with Crippen molar-refractivity contribution in [3.05, 3.63) is 33.1 Å². The van der Waals surface area contributed by atoms with E-state index in [2.05, 4.69) is 10.9 Å². The van der Waals surface area contributed by atoms with Crippen LogP contribution < -0.4 is 11.2 Å². The minimum Gasteiger partial charge on any atom is -0.463 e. The van der Waals surface area contributed by atoms with Gasteiger partial charge >= 0.3 is 19.3 Å². The van der Waals surface area contributed by atoms with Gasteiger partial charge in [-0.05, 0) is 27.2 Å². The van der Waals surface area contributed by atoms with E-state index in [-0.39, 0.29) is 31.9 Å².